The Hall–Kier alpha value is -3.76. The summed E-state index contributed by atoms with van der Waals surface area (Å²) in [5, 5.41) is 13.9. The summed E-state index contributed by atoms with van der Waals surface area (Å²) in [6.07, 6.45) is 0. The molecule has 0 amide bonds. The van der Waals surface area contributed by atoms with Crippen LogP contribution in [-0.2, 0) is 11.1 Å². The second-order valence-corrected chi connectivity index (χ2v) is 6.30. The van der Waals surface area contributed by atoms with Gasteiger partial charge in [-0.15, -0.1) is 5.11 Å². The number of hydrogen-bond acceptors (Lipinski definition) is 3. The maximum atomic E-state index is 13.9. The molecule has 0 aliphatic rings. The van der Waals surface area contributed by atoms with E-state index in [0.29, 0.717) is 23.0 Å². The van der Waals surface area contributed by atoms with E-state index in [0.717, 1.165) is 0 Å². The number of hydrogen-bond donors (Lipinski definition) is 0. The Balaban J connectivity index is 1.74. The topological polar surface area (TPSA) is 47.6 Å². The van der Waals surface area contributed by atoms with E-state index in [2.05, 4.69) is 0 Å². The minimum atomic E-state index is -2.35. The van der Waals surface area contributed by atoms with E-state index in [4.69, 9.17) is 14.2 Å². The molecule has 0 aliphatic heterocycles. The van der Waals surface area contributed by atoms with Crippen molar-refractivity contribution in [1.82, 2.24) is 0 Å². The van der Waals surface area contributed by atoms with Crippen molar-refractivity contribution in [3.05, 3.63) is 121 Å². The van der Waals surface area contributed by atoms with E-state index in [9.17, 15) is 5.11 Å². The molecule has 0 fully saturated rings. The molecule has 0 heterocycles. The summed E-state index contributed by atoms with van der Waals surface area (Å²) in [6, 6.07) is 33.9. The molecule has 0 unspecified atom stereocenters. The monoisotopic (exact) mass is 383 g/mol. The maximum absolute atomic E-state index is 13.9. The summed E-state index contributed by atoms with van der Waals surface area (Å²) in [7, 11) is 0. The molecule has 4 aromatic rings. The van der Waals surface area contributed by atoms with Crippen LogP contribution in [0.5, 0.6) is 23.0 Å². The molecule has 29 heavy (non-hydrogen) atoms. The molecular weight excluding hydrogens is 364 g/mol. The van der Waals surface area contributed by atoms with Crippen molar-refractivity contribution in [3.8, 4) is 23.0 Å². The van der Waals surface area contributed by atoms with E-state index < -0.39 is 5.97 Å². The zero-order valence-electron chi connectivity index (χ0n) is 15.6. The highest BCUT2D eigenvalue weighted by Crippen LogP contribution is 2.37. The fourth-order valence-electron chi connectivity index (χ4n) is 2.84. The molecular formula is C25H19O4. The number of para-hydroxylation sites is 4. The van der Waals surface area contributed by atoms with Gasteiger partial charge in [0.2, 0.25) is 0 Å². The molecule has 0 saturated heterocycles. The molecule has 0 bridgehead atoms. The van der Waals surface area contributed by atoms with E-state index in [1.807, 2.05) is 42.5 Å². The zero-order valence-corrected chi connectivity index (χ0v) is 15.6. The molecule has 143 valence electrons. The molecule has 1 radical (unpaired) electrons. The number of benzene rings is 4. The first-order valence-corrected chi connectivity index (χ1v) is 9.24. The average molecular weight is 383 g/mol. The van der Waals surface area contributed by atoms with Gasteiger partial charge in [-0.25, -0.2) is 0 Å². The minimum absolute atomic E-state index is 0.233. The third-order valence-electron chi connectivity index (χ3n) is 4.18. The van der Waals surface area contributed by atoms with Crippen LogP contribution in [0, 0.1) is 0 Å². The Kier molecular flexibility index (Phi) is 5.45. The Labute approximate surface area is 169 Å². The quantitative estimate of drug-likeness (QED) is 0.358. The van der Waals surface area contributed by atoms with Crippen LogP contribution >= 0.6 is 0 Å². The fraction of sp³-hybridized carbons (Fsp3) is 0.0400. The zero-order chi connectivity index (χ0) is 19.9. The summed E-state index contributed by atoms with van der Waals surface area (Å²) in [4.78, 5) is 0. The second-order valence-electron chi connectivity index (χ2n) is 6.30. The first kappa shape index (κ1) is 18.6. The largest absolute Gasteiger partial charge is 0.457 e. The molecule has 0 N–H and O–H groups in total. The Morgan fingerprint density at radius 3 is 1.41 bits per heavy atom. The molecule has 0 spiro atoms. The van der Waals surface area contributed by atoms with Crippen LogP contribution in [0.2, 0.25) is 0 Å². The van der Waals surface area contributed by atoms with Crippen molar-refractivity contribution in [2.75, 3.05) is 0 Å². The first-order chi connectivity index (χ1) is 14.2. The highest BCUT2D eigenvalue weighted by atomic mass is 16.8. The lowest BCUT2D eigenvalue weighted by Crippen LogP contribution is -2.38. The molecule has 4 aromatic carbocycles. The van der Waals surface area contributed by atoms with Gasteiger partial charge in [-0.05, 0) is 48.5 Å². The van der Waals surface area contributed by atoms with Crippen LogP contribution in [0.1, 0.15) is 5.56 Å². The molecule has 4 nitrogen and oxygen atoms in total. The van der Waals surface area contributed by atoms with Crippen LogP contribution < -0.4 is 14.2 Å². The maximum Gasteiger partial charge on any atom is 0.432 e. The summed E-state index contributed by atoms with van der Waals surface area (Å²) in [5.41, 5.74) is 0.233. The van der Waals surface area contributed by atoms with Gasteiger partial charge in [0, 0.05) is 0 Å². The van der Waals surface area contributed by atoms with E-state index >= 15 is 0 Å². The van der Waals surface area contributed by atoms with E-state index in [-0.39, 0.29) is 5.56 Å². The van der Waals surface area contributed by atoms with Crippen molar-refractivity contribution in [1.29, 1.82) is 0 Å². The van der Waals surface area contributed by atoms with Gasteiger partial charge in [0.15, 0.2) is 0 Å². The van der Waals surface area contributed by atoms with E-state index in [1.165, 1.54) is 0 Å². The lowest BCUT2D eigenvalue weighted by Gasteiger charge is -2.28. The third-order valence-corrected chi connectivity index (χ3v) is 4.18. The van der Waals surface area contributed by atoms with Gasteiger partial charge in [-0.1, -0.05) is 66.7 Å². The van der Waals surface area contributed by atoms with Crippen molar-refractivity contribution >= 4 is 0 Å². The summed E-state index contributed by atoms with van der Waals surface area (Å²) < 4.78 is 17.6. The average Bonchev–Trinajstić information content (AvgIpc) is 2.76. The minimum Gasteiger partial charge on any atom is -0.457 e. The Morgan fingerprint density at radius 2 is 0.897 bits per heavy atom. The molecule has 4 rings (SSSR count). The lowest BCUT2D eigenvalue weighted by molar-refractivity contribution is -0.320. The first-order valence-electron chi connectivity index (χ1n) is 9.24. The van der Waals surface area contributed by atoms with Gasteiger partial charge in [0.25, 0.3) is 0 Å². The van der Waals surface area contributed by atoms with Crippen molar-refractivity contribution in [3.63, 3.8) is 0 Å². The highest BCUT2D eigenvalue weighted by Gasteiger charge is 2.41. The Morgan fingerprint density at radius 1 is 0.483 bits per heavy atom. The van der Waals surface area contributed by atoms with Gasteiger partial charge in [-0.3, -0.25) is 0 Å². The third kappa shape index (κ3) is 4.57. The normalized spacial score (nSPS) is 10.9. The van der Waals surface area contributed by atoms with E-state index in [1.54, 1.807) is 72.8 Å². The summed E-state index contributed by atoms with van der Waals surface area (Å²) in [5.74, 6) is -0.586. The molecule has 4 heteroatoms. The van der Waals surface area contributed by atoms with Gasteiger partial charge >= 0.3 is 5.97 Å². The standard InChI is InChI=1S/C25H19O4/c26-25(28-21-14-6-2-7-15-21,29-22-16-8-3-9-17-22)23-18-10-11-19-24(23)27-20-12-4-1-5-13-20/h1-19H. The van der Waals surface area contributed by atoms with Gasteiger partial charge < -0.3 is 14.2 Å². The molecule has 0 aromatic heterocycles. The van der Waals surface area contributed by atoms with Crippen LogP contribution in [0.4, 0.5) is 0 Å². The molecule has 0 saturated carbocycles. The SMILES string of the molecule is [O]C(Oc1ccccc1)(Oc1ccccc1)c1ccccc1Oc1ccccc1. The van der Waals surface area contributed by atoms with Gasteiger partial charge in [0.1, 0.15) is 28.6 Å². The van der Waals surface area contributed by atoms with Gasteiger partial charge in [0.05, 0.1) is 0 Å². The highest BCUT2D eigenvalue weighted by molar-refractivity contribution is 5.41. The predicted molar refractivity (Wildman–Crippen MR) is 109 cm³/mol. The predicted octanol–water partition coefficient (Wildman–Crippen LogP) is 6.18. The van der Waals surface area contributed by atoms with Crippen molar-refractivity contribution < 1.29 is 19.3 Å². The smallest absolute Gasteiger partial charge is 0.432 e. The fourth-order valence-corrected chi connectivity index (χ4v) is 2.84. The van der Waals surface area contributed by atoms with Crippen LogP contribution in [-0.4, -0.2) is 0 Å². The Bertz CT molecular complexity index is 992. The van der Waals surface area contributed by atoms with Gasteiger partial charge in [-0.2, -0.15) is 0 Å². The molecule has 0 aliphatic carbocycles. The van der Waals surface area contributed by atoms with Crippen molar-refractivity contribution in [2.45, 2.75) is 5.97 Å². The second kappa shape index (κ2) is 8.50. The van der Waals surface area contributed by atoms with Crippen LogP contribution in [0.15, 0.2) is 115 Å². The summed E-state index contributed by atoms with van der Waals surface area (Å²) in [6.45, 7) is 0. The van der Waals surface area contributed by atoms with Crippen LogP contribution in [0.3, 0.4) is 0 Å². The lowest BCUT2D eigenvalue weighted by atomic mass is 10.1. The van der Waals surface area contributed by atoms with Crippen LogP contribution in [0.25, 0.3) is 0 Å². The number of rotatable bonds is 7. The van der Waals surface area contributed by atoms with Crippen molar-refractivity contribution in [2.24, 2.45) is 0 Å². The summed E-state index contributed by atoms with van der Waals surface area (Å²) >= 11 is 0. The number of ether oxygens (including phenoxy) is 3. The molecule has 0 atom stereocenters.